The van der Waals surface area contributed by atoms with Crippen LogP contribution in [0.25, 0.3) is 0 Å². The van der Waals surface area contributed by atoms with E-state index in [0.717, 1.165) is 12.2 Å². The minimum absolute atomic E-state index is 0.944. The molecule has 2 N–H and O–H groups in total. The molecule has 72 valence electrons. The zero-order valence-electron chi connectivity index (χ0n) is 8.29. The molecule has 0 saturated heterocycles. The third-order valence-corrected chi connectivity index (χ3v) is 1.54. The third kappa shape index (κ3) is 4.90. The number of aryl methyl sites for hydroxylation is 1. The Hall–Kier alpha value is -1.44. The maximum absolute atomic E-state index is 5.06. The molecule has 0 fully saturated rings. The van der Waals surface area contributed by atoms with E-state index in [-0.39, 0.29) is 0 Å². The molecular formula is C11H17NO. The predicted molar refractivity (Wildman–Crippen MR) is 56.8 cm³/mol. The lowest BCUT2D eigenvalue weighted by atomic mass is 10.2. The molecule has 0 aromatic heterocycles. The van der Waals surface area contributed by atoms with Crippen molar-refractivity contribution in [2.75, 3.05) is 7.11 Å². The van der Waals surface area contributed by atoms with Crippen LogP contribution in [-0.4, -0.2) is 7.11 Å². The van der Waals surface area contributed by atoms with Crippen molar-refractivity contribution < 1.29 is 4.74 Å². The van der Waals surface area contributed by atoms with Gasteiger partial charge in [0.05, 0.1) is 7.11 Å². The van der Waals surface area contributed by atoms with Gasteiger partial charge in [0.1, 0.15) is 5.75 Å². The first-order chi connectivity index (χ1) is 6.28. The molecule has 0 aliphatic carbocycles. The van der Waals surface area contributed by atoms with Crippen LogP contribution in [0.5, 0.6) is 5.75 Å². The second-order valence-electron chi connectivity index (χ2n) is 2.44. The summed E-state index contributed by atoms with van der Waals surface area (Å²) in [5.74, 6) is 0.944. The molecule has 0 aliphatic heterocycles. The van der Waals surface area contributed by atoms with Crippen LogP contribution in [0.3, 0.4) is 0 Å². The van der Waals surface area contributed by atoms with Crippen molar-refractivity contribution in [1.29, 1.82) is 0 Å². The molecule has 0 bridgehead atoms. The quantitative estimate of drug-likeness (QED) is 0.756. The standard InChI is InChI=1S/C9H12O.C2H5N/c1-3-8-5-4-6-9(7-8)10-2;1-2-3/h4-7H,3H2,1-2H3;2H,1,3H2. The van der Waals surface area contributed by atoms with Crippen molar-refractivity contribution in [3.8, 4) is 5.75 Å². The summed E-state index contributed by atoms with van der Waals surface area (Å²) in [4.78, 5) is 0. The monoisotopic (exact) mass is 179 g/mol. The summed E-state index contributed by atoms with van der Waals surface area (Å²) in [7, 11) is 1.69. The van der Waals surface area contributed by atoms with Gasteiger partial charge in [-0.3, -0.25) is 0 Å². The molecule has 1 aromatic carbocycles. The van der Waals surface area contributed by atoms with Gasteiger partial charge in [0.15, 0.2) is 0 Å². The van der Waals surface area contributed by atoms with Crippen LogP contribution >= 0.6 is 0 Å². The Morgan fingerprint density at radius 3 is 2.62 bits per heavy atom. The van der Waals surface area contributed by atoms with Crippen LogP contribution in [0.15, 0.2) is 37.0 Å². The number of ether oxygens (including phenoxy) is 1. The first kappa shape index (κ1) is 11.6. The fourth-order valence-corrected chi connectivity index (χ4v) is 0.892. The highest BCUT2D eigenvalue weighted by Crippen LogP contribution is 2.12. The Morgan fingerprint density at radius 2 is 2.15 bits per heavy atom. The van der Waals surface area contributed by atoms with E-state index >= 15 is 0 Å². The van der Waals surface area contributed by atoms with Gasteiger partial charge >= 0.3 is 0 Å². The highest BCUT2D eigenvalue weighted by Gasteiger charge is 1.90. The van der Waals surface area contributed by atoms with Gasteiger partial charge in [-0.15, -0.1) is 0 Å². The molecule has 0 saturated carbocycles. The van der Waals surface area contributed by atoms with Crippen molar-refractivity contribution in [2.24, 2.45) is 5.73 Å². The van der Waals surface area contributed by atoms with Crippen molar-refractivity contribution in [3.05, 3.63) is 42.6 Å². The third-order valence-electron chi connectivity index (χ3n) is 1.54. The van der Waals surface area contributed by atoms with Crippen molar-refractivity contribution in [1.82, 2.24) is 0 Å². The van der Waals surface area contributed by atoms with E-state index in [1.807, 2.05) is 12.1 Å². The maximum atomic E-state index is 5.06. The van der Waals surface area contributed by atoms with E-state index < -0.39 is 0 Å². The zero-order chi connectivity index (χ0) is 10.1. The molecular weight excluding hydrogens is 162 g/mol. The van der Waals surface area contributed by atoms with Crippen molar-refractivity contribution in [2.45, 2.75) is 13.3 Å². The van der Waals surface area contributed by atoms with E-state index in [1.54, 1.807) is 7.11 Å². The summed E-state index contributed by atoms with van der Waals surface area (Å²) in [5, 5.41) is 0. The Balaban J connectivity index is 0.000000424. The number of hydrogen-bond acceptors (Lipinski definition) is 2. The summed E-state index contributed by atoms with van der Waals surface area (Å²) >= 11 is 0. The second-order valence-corrected chi connectivity index (χ2v) is 2.44. The van der Waals surface area contributed by atoms with Crippen LogP contribution < -0.4 is 10.5 Å². The topological polar surface area (TPSA) is 35.2 Å². The average Bonchev–Trinajstić information content (AvgIpc) is 2.19. The lowest BCUT2D eigenvalue weighted by Gasteiger charge is -2.00. The summed E-state index contributed by atoms with van der Waals surface area (Å²) in [6.45, 7) is 5.27. The molecule has 0 unspecified atom stereocenters. The Labute approximate surface area is 80.0 Å². The van der Waals surface area contributed by atoms with Gasteiger partial charge in [0.2, 0.25) is 0 Å². The normalized spacial score (nSPS) is 8.15. The molecule has 1 aromatic rings. The molecule has 0 spiro atoms. The largest absolute Gasteiger partial charge is 0.497 e. The zero-order valence-corrected chi connectivity index (χ0v) is 8.29. The SMILES string of the molecule is C=CN.CCc1cccc(OC)c1. The number of methoxy groups -OCH3 is 1. The van der Waals surface area contributed by atoms with E-state index in [9.17, 15) is 0 Å². The number of hydrogen-bond donors (Lipinski definition) is 1. The Kier molecular flexibility index (Phi) is 6.42. The van der Waals surface area contributed by atoms with Gasteiger partial charge < -0.3 is 10.5 Å². The van der Waals surface area contributed by atoms with Gasteiger partial charge in [-0.1, -0.05) is 25.6 Å². The Morgan fingerprint density at radius 1 is 1.54 bits per heavy atom. The first-order valence-corrected chi connectivity index (χ1v) is 4.24. The van der Waals surface area contributed by atoms with Crippen LogP contribution in [-0.2, 0) is 6.42 Å². The van der Waals surface area contributed by atoms with Gasteiger partial charge in [0, 0.05) is 0 Å². The molecule has 2 heteroatoms. The number of benzene rings is 1. The van der Waals surface area contributed by atoms with E-state index in [0.29, 0.717) is 0 Å². The molecule has 2 nitrogen and oxygen atoms in total. The smallest absolute Gasteiger partial charge is 0.119 e. The number of nitrogens with two attached hydrogens (primary N) is 1. The van der Waals surface area contributed by atoms with Gasteiger partial charge in [0.25, 0.3) is 0 Å². The summed E-state index contributed by atoms with van der Waals surface area (Å²) < 4.78 is 5.06. The van der Waals surface area contributed by atoms with E-state index in [2.05, 4.69) is 31.4 Å². The minimum atomic E-state index is 0.944. The summed E-state index contributed by atoms with van der Waals surface area (Å²) in [6, 6.07) is 8.12. The fraction of sp³-hybridized carbons (Fsp3) is 0.273. The second kappa shape index (κ2) is 7.22. The highest BCUT2D eigenvalue weighted by atomic mass is 16.5. The van der Waals surface area contributed by atoms with E-state index in [4.69, 9.17) is 4.74 Å². The molecule has 13 heavy (non-hydrogen) atoms. The predicted octanol–water partition coefficient (Wildman–Crippen LogP) is 2.35. The fourth-order valence-electron chi connectivity index (χ4n) is 0.892. The first-order valence-electron chi connectivity index (χ1n) is 4.24. The van der Waals surface area contributed by atoms with Crippen LogP contribution in [0.4, 0.5) is 0 Å². The Bertz CT molecular complexity index is 226. The van der Waals surface area contributed by atoms with Crippen LogP contribution in [0, 0.1) is 0 Å². The molecule has 0 radical (unpaired) electrons. The van der Waals surface area contributed by atoms with Gasteiger partial charge in [-0.25, -0.2) is 0 Å². The van der Waals surface area contributed by atoms with Crippen LogP contribution in [0.2, 0.25) is 0 Å². The summed E-state index contributed by atoms with van der Waals surface area (Å²) in [6.07, 6.45) is 2.32. The van der Waals surface area contributed by atoms with Gasteiger partial charge in [-0.2, -0.15) is 0 Å². The molecule has 0 heterocycles. The molecule has 1 rings (SSSR count). The molecule has 0 aliphatic rings. The lowest BCUT2D eigenvalue weighted by molar-refractivity contribution is 0.414. The van der Waals surface area contributed by atoms with Crippen LogP contribution in [0.1, 0.15) is 12.5 Å². The van der Waals surface area contributed by atoms with Crippen molar-refractivity contribution >= 4 is 0 Å². The maximum Gasteiger partial charge on any atom is 0.119 e. The highest BCUT2D eigenvalue weighted by molar-refractivity contribution is 5.28. The summed E-state index contributed by atoms with van der Waals surface area (Å²) in [5.41, 5.74) is 5.93. The lowest BCUT2D eigenvalue weighted by Crippen LogP contribution is -1.84. The number of rotatable bonds is 2. The minimum Gasteiger partial charge on any atom is -0.497 e. The average molecular weight is 179 g/mol. The molecule has 0 atom stereocenters. The van der Waals surface area contributed by atoms with Crippen molar-refractivity contribution in [3.63, 3.8) is 0 Å². The molecule has 0 amide bonds. The van der Waals surface area contributed by atoms with Gasteiger partial charge in [-0.05, 0) is 30.3 Å². The van der Waals surface area contributed by atoms with E-state index in [1.165, 1.54) is 11.8 Å².